The molecule has 0 aliphatic heterocycles. The standard InChI is InChI=1S/C16H28N4O6/c1-17(2)15(23)19(5)9-11-25-13(21)7-8-14(22)26-12-10-20(6)16(24)18(3)4/h7-8H,9-12H2,1-6H3/b8-7+. The highest BCUT2D eigenvalue weighted by molar-refractivity contribution is 5.91. The van der Waals surface area contributed by atoms with Gasteiger partial charge in [-0.1, -0.05) is 0 Å². The number of carbonyl (C=O) groups is 4. The van der Waals surface area contributed by atoms with Crippen molar-refractivity contribution in [1.82, 2.24) is 19.6 Å². The molecule has 0 aliphatic carbocycles. The Balaban J connectivity index is 4.04. The number of likely N-dealkylation sites (N-methyl/N-ethyl adjacent to an activating group) is 2. The molecule has 148 valence electrons. The van der Waals surface area contributed by atoms with Crippen molar-refractivity contribution in [3.63, 3.8) is 0 Å². The first-order chi connectivity index (χ1) is 12.1. The lowest BCUT2D eigenvalue weighted by atomic mass is 10.5. The van der Waals surface area contributed by atoms with Crippen LogP contribution in [0.4, 0.5) is 9.59 Å². The fraction of sp³-hybridized carbons (Fsp3) is 0.625. The summed E-state index contributed by atoms with van der Waals surface area (Å²) in [5, 5.41) is 0. The lowest BCUT2D eigenvalue weighted by molar-refractivity contribution is -0.140. The summed E-state index contributed by atoms with van der Waals surface area (Å²) in [5.41, 5.74) is 0. The minimum Gasteiger partial charge on any atom is -0.461 e. The van der Waals surface area contributed by atoms with E-state index in [1.165, 1.54) is 19.6 Å². The summed E-state index contributed by atoms with van der Waals surface area (Å²) in [6.45, 7) is 0.470. The zero-order valence-electron chi connectivity index (χ0n) is 16.2. The van der Waals surface area contributed by atoms with E-state index in [2.05, 4.69) is 0 Å². The van der Waals surface area contributed by atoms with Gasteiger partial charge in [-0.15, -0.1) is 0 Å². The van der Waals surface area contributed by atoms with Crippen LogP contribution in [0.1, 0.15) is 0 Å². The van der Waals surface area contributed by atoms with Crippen molar-refractivity contribution in [2.24, 2.45) is 0 Å². The molecule has 0 aliphatic rings. The minimum atomic E-state index is -0.715. The van der Waals surface area contributed by atoms with Gasteiger partial charge in [0.05, 0.1) is 13.1 Å². The second-order valence-electron chi connectivity index (χ2n) is 5.87. The topological polar surface area (TPSA) is 99.7 Å². The predicted molar refractivity (Wildman–Crippen MR) is 94.5 cm³/mol. The van der Waals surface area contributed by atoms with Gasteiger partial charge in [-0.05, 0) is 0 Å². The molecular weight excluding hydrogens is 344 g/mol. The number of urea groups is 2. The lowest BCUT2D eigenvalue weighted by Crippen LogP contribution is -2.38. The summed E-state index contributed by atoms with van der Waals surface area (Å²) in [5.74, 6) is -1.43. The third-order valence-corrected chi connectivity index (χ3v) is 3.12. The molecule has 26 heavy (non-hydrogen) atoms. The zero-order valence-corrected chi connectivity index (χ0v) is 16.2. The van der Waals surface area contributed by atoms with E-state index in [9.17, 15) is 19.2 Å². The number of hydrogen-bond acceptors (Lipinski definition) is 6. The van der Waals surface area contributed by atoms with Crippen molar-refractivity contribution < 1.29 is 28.7 Å². The maximum Gasteiger partial charge on any atom is 0.331 e. The van der Waals surface area contributed by atoms with Crippen molar-refractivity contribution >= 4 is 24.0 Å². The zero-order chi connectivity index (χ0) is 20.3. The second kappa shape index (κ2) is 11.7. The molecule has 4 amide bonds. The van der Waals surface area contributed by atoms with E-state index in [-0.39, 0.29) is 38.4 Å². The Morgan fingerprint density at radius 1 is 0.654 bits per heavy atom. The van der Waals surface area contributed by atoms with Gasteiger partial charge < -0.3 is 29.1 Å². The smallest absolute Gasteiger partial charge is 0.331 e. The van der Waals surface area contributed by atoms with Crippen molar-refractivity contribution in [1.29, 1.82) is 0 Å². The number of esters is 2. The molecule has 0 spiro atoms. The van der Waals surface area contributed by atoms with Crippen molar-refractivity contribution in [2.45, 2.75) is 0 Å². The summed E-state index contributed by atoms with van der Waals surface area (Å²) in [7, 11) is 9.64. The van der Waals surface area contributed by atoms with Crippen LogP contribution in [0.2, 0.25) is 0 Å². The molecule has 0 aromatic carbocycles. The summed E-state index contributed by atoms with van der Waals surface area (Å²) in [4.78, 5) is 51.7. The van der Waals surface area contributed by atoms with E-state index in [1.54, 1.807) is 42.3 Å². The quantitative estimate of drug-likeness (QED) is 0.434. The summed E-state index contributed by atoms with van der Waals surface area (Å²) < 4.78 is 9.78. The van der Waals surface area contributed by atoms with E-state index >= 15 is 0 Å². The Kier molecular flexibility index (Phi) is 10.5. The van der Waals surface area contributed by atoms with Gasteiger partial charge in [0.2, 0.25) is 0 Å². The van der Waals surface area contributed by atoms with Crippen molar-refractivity contribution in [3.05, 3.63) is 12.2 Å². The fourth-order valence-electron chi connectivity index (χ4n) is 1.67. The summed E-state index contributed by atoms with van der Waals surface area (Å²) in [6, 6.07) is -0.421. The molecule has 0 atom stereocenters. The van der Waals surface area contributed by atoms with Crippen LogP contribution in [-0.4, -0.2) is 112 Å². The molecular formula is C16H28N4O6. The van der Waals surface area contributed by atoms with Crippen LogP contribution < -0.4 is 0 Å². The molecule has 0 heterocycles. The number of rotatable bonds is 8. The van der Waals surface area contributed by atoms with E-state index in [0.29, 0.717) is 0 Å². The van der Waals surface area contributed by atoms with Crippen LogP contribution in [0.25, 0.3) is 0 Å². The Morgan fingerprint density at radius 2 is 0.962 bits per heavy atom. The first-order valence-electron chi connectivity index (χ1n) is 7.92. The molecule has 0 aromatic rings. The van der Waals surface area contributed by atoms with Gasteiger partial charge in [-0.3, -0.25) is 0 Å². The van der Waals surface area contributed by atoms with Crippen molar-refractivity contribution in [3.8, 4) is 0 Å². The monoisotopic (exact) mass is 372 g/mol. The van der Waals surface area contributed by atoms with Gasteiger partial charge in [-0.25, -0.2) is 19.2 Å². The highest BCUT2D eigenvalue weighted by atomic mass is 16.5. The van der Waals surface area contributed by atoms with Gasteiger partial charge in [-0.2, -0.15) is 0 Å². The molecule has 0 radical (unpaired) electrons. The highest BCUT2D eigenvalue weighted by Gasteiger charge is 2.12. The van der Waals surface area contributed by atoms with E-state index in [0.717, 1.165) is 12.2 Å². The second-order valence-corrected chi connectivity index (χ2v) is 5.87. The van der Waals surface area contributed by atoms with Crippen LogP contribution >= 0.6 is 0 Å². The molecule has 0 saturated heterocycles. The Labute approximate surface area is 153 Å². The largest absolute Gasteiger partial charge is 0.461 e. The molecule has 0 saturated carbocycles. The lowest BCUT2D eigenvalue weighted by Gasteiger charge is -2.21. The summed E-state index contributed by atoms with van der Waals surface area (Å²) >= 11 is 0. The highest BCUT2D eigenvalue weighted by Crippen LogP contribution is 1.93. The maximum absolute atomic E-state index is 11.6. The Morgan fingerprint density at radius 3 is 1.23 bits per heavy atom. The molecule has 10 heteroatoms. The first kappa shape index (κ1) is 23.2. The Bertz CT molecular complexity index is 487. The molecule has 0 unspecified atom stereocenters. The molecule has 0 N–H and O–H groups in total. The van der Waals surface area contributed by atoms with Crippen LogP contribution in [0, 0.1) is 0 Å². The molecule has 0 fully saturated rings. The SMILES string of the molecule is CN(C)C(=O)N(C)CCOC(=O)/C=C/C(=O)OCCN(C)C(=O)N(C)C. The van der Waals surface area contributed by atoms with Crippen molar-refractivity contribution in [2.75, 3.05) is 68.6 Å². The van der Waals surface area contributed by atoms with Crippen LogP contribution in [0.3, 0.4) is 0 Å². The molecule has 0 bridgehead atoms. The van der Waals surface area contributed by atoms with Gasteiger partial charge >= 0.3 is 24.0 Å². The number of ether oxygens (including phenoxy) is 2. The fourth-order valence-corrected chi connectivity index (χ4v) is 1.67. The first-order valence-corrected chi connectivity index (χ1v) is 7.92. The van der Waals surface area contributed by atoms with E-state index in [1.807, 2.05) is 0 Å². The van der Waals surface area contributed by atoms with Gasteiger partial charge in [0, 0.05) is 54.4 Å². The third-order valence-electron chi connectivity index (χ3n) is 3.12. The third kappa shape index (κ3) is 9.50. The summed E-state index contributed by atoms with van der Waals surface area (Å²) in [6.07, 6.45) is 1.90. The van der Waals surface area contributed by atoms with E-state index < -0.39 is 11.9 Å². The van der Waals surface area contributed by atoms with E-state index in [4.69, 9.17) is 9.47 Å². The van der Waals surface area contributed by atoms with Crippen LogP contribution in [0.5, 0.6) is 0 Å². The molecule has 0 rings (SSSR count). The average Bonchev–Trinajstić information content (AvgIpc) is 2.57. The number of amides is 4. The van der Waals surface area contributed by atoms with Gasteiger partial charge in [0.15, 0.2) is 0 Å². The van der Waals surface area contributed by atoms with Gasteiger partial charge in [0.25, 0.3) is 0 Å². The number of carbonyl (C=O) groups excluding carboxylic acids is 4. The van der Waals surface area contributed by atoms with Gasteiger partial charge in [0.1, 0.15) is 13.2 Å². The van der Waals surface area contributed by atoms with Crippen LogP contribution in [0.15, 0.2) is 12.2 Å². The molecule has 10 nitrogen and oxygen atoms in total. The predicted octanol–water partition coefficient (Wildman–Crippen LogP) is -0.144. The van der Waals surface area contributed by atoms with Crippen LogP contribution in [-0.2, 0) is 19.1 Å². The minimum absolute atomic E-state index is 0.00570. The average molecular weight is 372 g/mol. The number of nitrogens with zero attached hydrogens (tertiary/aromatic N) is 4. The normalized spacial score (nSPS) is 10.2. The molecule has 0 aromatic heterocycles. The maximum atomic E-state index is 11.6. The Hall–Kier alpha value is -2.78. The number of hydrogen-bond donors (Lipinski definition) is 0.